The van der Waals surface area contributed by atoms with Gasteiger partial charge in [0, 0.05) is 50.2 Å². The lowest BCUT2D eigenvalue weighted by Gasteiger charge is -2.34. The van der Waals surface area contributed by atoms with Gasteiger partial charge in [-0.2, -0.15) is 5.10 Å². The summed E-state index contributed by atoms with van der Waals surface area (Å²) in [6.07, 6.45) is 5.69. The van der Waals surface area contributed by atoms with E-state index in [1.54, 1.807) is 43.0 Å². The molecule has 1 aliphatic heterocycles. The first-order valence-electron chi connectivity index (χ1n) is 11.4. The Morgan fingerprint density at radius 2 is 1.97 bits per heavy atom. The smallest absolute Gasteiger partial charge is 0.261 e. The van der Waals surface area contributed by atoms with Crippen molar-refractivity contribution in [3.8, 4) is 11.3 Å². The van der Waals surface area contributed by atoms with E-state index in [0.29, 0.717) is 53.0 Å². The molecule has 0 atom stereocenters. The van der Waals surface area contributed by atoms with Crippen molar-refractivity contribution < 1.29 is 9.13 Å². The quantitative estimate of drug-likeness (QED) is 0.419. The van der Waals surface area contributed by atoms with Gasteiger partial charge in [-0.25, -0.2) is 14.4 Å². The number of ether oxygens (including phenoxy) is 1. The molecule has 182 valence electrons. The van der Waals surface area contributed by atoms with Crippen LogP contribution in [0.3, 0.4) is 0 Å². The van der Waals surface area contributed by atoms with E-state index in [1.807, 2.05) is 19.3 Å². The largest absolute Gasteiger partial charge is 0.371 e. The number of fused-ring (bicyclic) bond motifs is 1. The molecule has 35 heavy (non-hydrogen) atoms. The number of hydrogen-bond donors (Lipinski definition) is 0. The fourth-order valence-corrected chi connectivity index (χ4v) is 4.38. The summed E-state index contributed by atoms with van der Waals surface area (Å²) in [6, 6.07) is 8.10. The SMILES string of the molecule is Cc1nc2c(-c3ccc(Cl)cc3F)nc(N3CCOC4(CC4)C3)cc2c(=O)n1C.Cn1cccn1. The maximum absolute atomic E-state index is 14.8. The molecule has 1 spiro atoms. The molecule has 0 bridgehead atoms. The lowest BCUT2D eigenvalue weighted by atomic mass is 10.1. The second-order valence-electron chi connectivity index (χ2n) is 9.01. The normalized spacial score (nSPS) is 16.3. The standard InChI is InChI=1S/C21H20ClFN4O2.C4H6N2/c1-12-24-19-15(20(28)26(12)2)10-17(27-7-8-29-21(11-27)5-6-21)25-18(19)14-4-3-13(22)9-16(14)23;1-6-4-2-3-5-6/h3-4,9-10H,5-8,11H2,1-2H3;2-4H,1H3. The predicted molar refractivity (Wildman–Crippen MR) is 133 cm³/mol. The van der Waals surface area contributed by atoms with Gasteiger partial charge in [-0.05, 0) is 50.1 Å². The minimum Gasteiger partial charge on any atom is -0.371 e. The summed E-state index contributed by atoms with van der Waals surface area (Å²) in [7, 11) is 3.57. The molecule has 0 radical (unpaired) electrons. The van der Waals surface area contributed by atoms with Crippen molar-refractivity contribution in [3.63, 3.8) is 0 Å². The molecule has 6 rings (SSSR count). The molecule has 1 aliphatic carbocycles. The lowest BCUT2D eigenvalue weighted by Crippen LogP contribution is -2.44. The van der Waals surface area contributed by atoms with E-state index in [1.165, 1.54) is 10.6 Å². The highest BCUT2D eigenvalue weighted by Crippen LogP contribution is 2.43. The average Bonchev–Trinajstić information content (AvgIpc) is 3.39. The van der Waals surface area contributed by atoms with E-state index in [9.17, 15) is 9.18 Å². The Morgan fingerprint density at radius 3 is 2.60 bits per heavy atom. The van der Waals surface area contributed by atoms with Gasteiger partial charge in [0.05, 0.1) is 17.6 Å². The number of pyridine rings is 1. The second kappa shape index (κ2) is 9.05. The van der Waals surface area contributed by atoms with Crippen molar-refractivity contribution in [2.75, 3.05) is 24.6 Å². The highest BCUT2D eigenvalue weighted by molar-refractivity contribution is 6.30. The molecule has 0 amide bonds. The summed E-state index contributed by atoms with van der Waals surface area (Å²) in [4.78, 5) is 24.4. The van der Waals surface area contributed by atoms with Crippen molar-refractivity contribution in [2.24, 2.45) is 14.1 Å². The first-order valence-corrected chi connectivity index (χ1v) is 11.8. The molecule has 1 aromatic carbocycles. The summed E-state index contributed by atoms with van der Waals surface area (Å²) in [5.41, 5.74) is 0.739. The van der Waals surface area contributed by atoms with Crippen LogP contribution >= 0.6 is 11.6 Å². The van der Waals surface area contributed by atoms with Crippen molar-refractivity contribution in [1.82, 2.24) is 24.3 Å². The monoisotopic (exact) mass is 496 g/mol. The van der Waals surface area contributed by atoms with Crippen LogP contribution in [-0.4, -0.2) is 49.6 Å². The van der Waals surface area contributed by atoms with Crippen molar-refractivity contribution >= 4 is 28.3 Å². The minimum atomic E-state index is -0.496. The first-order chi connectivity index (χ1) is 16.8. The fraction of sp³-hybridized carbons (Fsp3) is 0.360. The predicted octanol–water partition coefficient (Wildman–Crippen LogP) is 3.89. The topological polar surface area (TPSA) is 78.1 Å². The Balaban J connectivity index is 0.000000371. The summed E-state index contributed by atoms with van der Waals surface area (Å²) in [5, 5.41) is 4.56. The molecule has 0 unspecified atom stereocenters. The zero-order valence-electron chi connectivity index (χ0n) is 19.8. The molecule has 0 N–H and O–H groups in total. The maximum Gasteiger partial charge on any atom is 0.261 e. The summed E-state index contributed by atoms with van der Waals surface area (Å²) in [6.45, 7) is 3.74. The fourth-order valence-electron chi connectivity index (χ4n) is 4.22. The van der Waals surface area contributed by atoms with Crippen LogP contribution in [0.1, 0.15) is 18.7 Å². The Kier molecular flexibility index (Phi) is 6.06. The molecule has 2 aliphatic rings. The van der Waals surface area contributed by atoms with Gasteiger partial charge in [0.15, 0.2) is 0 Å². The number of nitrogens with zero attached hydrogens (tertiary/aromatic N) is 6. The van der Waals surface area contributed by atoms with Gasteiger partial charge in [0.25, 0.3) is 5.56 Å². The van der Waals surface area contributed by atoms with E-state index in [-0.39, 0.29) is 16.7 Å². The molecular weight excluding hydrogens is 471 g/mol. The third kappa shape index (κ3) is 4.66. The Bertz CT molecular complexity index is 1450. The van der Waals surface area contributed by atoms with E-state index >= 15 is 0 Å². The Labute approximate surface area is 206 Å². The van der Waals surface area contributed by atoms with Crippen LogP contribution in [0.5, 0.6) is 0 Å². The van der Waals surface area contributed by atoms with Gasteiger partial charge in [0.2, 0.25) is 0 Å². The molecular formula is C25H26ClFN6O2. The summed E-state index contributed by atoms with van der Waals surface area (Å²) in [5.74, 6) is 0.680. The molecule has 3 aromatic heterocycles. The number of halogens is 2. The van der Waals surface area contributed by atoms with Crippen LogP contribution < -0.4 is 10.5 Å². The highest BCUT2D eigenvalue weighted by Gasteiger charge is 2.47. The molecule has 1 saturated carbocycles. The van der Waals surface area contributed by atoms with E-state index in [4.69, 9.17) is 21.3 Å². The van der Waals surface area contributed by atoms with Crippen LogP contribution in [0.15, 0.2) is 47.5 Å². The van der Waals surface area contributed by atoms with Crippen molar-refractivity contribution in [3.05, 3.63) is 69.7 Å². The van der Waals surface area contributed by atoms with Gasteiger partial charge in [0.1, 0.15) is 28.7 Å². The molecule has 4 heterocycles. The van der Waals surface area contributed by atoms with Crippen molar-refractivity contribution in [2.45, 2.75) is 25.4 Å². The van der Waals surface area contributed by atoms with E-state index in [2.05, 4.69) is 15.0 Å². The molecule has 2 fully saturated rings. The Hall–Kier alpha value is -3.30. The highest BCUT2D eigenvalue weighted by atomic mass is 35.5. The number of benzene rings is 1. The van der Waals surface area contributed by atoms with Crippen LogP contribution in [0.4, 0.5) is 10.2 Å². The van der Waals surface area contributed by atoms with Gasteiger partial charge in [-0.3, -0.25) is 14.0 Å². The third-order valence-corrected chi connectivity index (χ3v) is 6.71. The number of aromatic nitrogens is 5. The number of morpholine rings is 1. The minimum absolute atomic E-state index is 0.100. The first kappa shape index (κ1) is 23.4. The number of anilines is 1. The number of hydrogen-bond acceptors (Lipinski definition) is 6. The van der Waals surface area contributed by atoms with E-state index < -0.39 is 5.82 Å². The van der Waals surface area contributed by atoms with Crippen LogP contribution in [0.2, 0.25) is 5.02 Å². The molecule has 4 aromatic rings. The zero-order chi connectivity index (χ0) is 24.7. The second-order valence-corrected chi connectivity index (χ2v) is 9.44. The van der Waals surface area contributed by atoms with Crippen LogP contribution in [0, 0.1) is 12.7 Å². The molecule has 8 nitrogen and oxygen atoms in total. The maximum atomic E-state index is 14.8. The summed E-state index contributed by atoms with van der Waals surface area (Å²) < 4.78 is 23.9. The van der Waals surface area contributed by atoms with Gasteiger partial charge in [-0.15, -0.1) is 0 Å². The van der Waals surface area contributed by atoms with Gasteiger partial charge >= 0.3 is 0 Å². The van der Waals surface area contributed by atoms with Gasteiger partial charge in [-0.1, -0.05) is 11.6 Å². The Morgan fingerprint density at radius 1 is 1.17 bits per heavy atom. The van der Waals surface area contributed by atoms with Crippen LogP contribution in [-0.2, 0) is 18.8 Å². The van der Waals surface area contributed by atoms with Crippen molar-refractivity contribution in [1.29, 1.82) is 0 Å². The molecule has 1 saturated heterocycles. The zero-order valence-corrected chi connectivity index (χ0v) is 20.6. The van der Waals surface area contributed by atoms with Gasteiger partial charge < -0.3 is 9.64 Å². The van der Waals surface area contributed by atoms with Crippen LogP contribution in [0.25, 0.3) is 22.2 Å². The lowest BCUT2D eigenvalue weighted by molar-refractivity contribution is 0.0204. The van der Waals surface area contributed by atoms with E-state index in [0.717, 1.165) is 12.8 Å². The third-order valence-electron chi connectivity index (χ3n) is 6.48. The average molecular weight is 497 g/mol. The number of rotatable bonds is 2. The number of aryl methyl sites for hydroxylation is 2. The summed E-state index contributed by atoms with van der Waals surface area (Å²) >= 11 is 5.93. The molecule has 10 heteroatoms.